The van der Waals surface area contributed by atoms with Crippen molar-refractivity contribution in [1.29, 1.82) is 0 Å². The van der Waals surface area contributed by atoms with Crippen LogP contribution >= 0.6 is 11.6 Å². The summed E-state index contributed by atoms with van der Waals surface area (Å²) in [6.07, 6.45) is 2.65. The van der Waals surface area contributed by atoms with E-state index in [9.17, 15) is 14.4 Å². The maximum absolute atomic E-state index is 12.2. The number of para-hydroxylation sites is 1. The molecule has 0 bridgehead atoms. The van der Waals surface area contributed by atoms with Crippen LogP contribution in [0.1, 0.15) is 38.3 Å². The van der Waals surface area contributed by atoms with Gasteiger partial charge in [0.25, 0.3) is 0 Å². The molecular formula is C24H28ClN3O4. The fourth-order valence-corrected chi connectivity index (χ4v) is 2.71. The van der Waals surface area contributed by atoms with Crippen LogP contribution in [0.5, 0.6) is 0 Å². The predicted molar refractivity (Wildman–Crippen MR) is 126 cm³/mol. The number of rotatable bonds is 8. The minimum atomic E-state index is -0.597. The number of halogens is 1. The number of benzene rings is 2. The fourth-order valence-electron chi connectivity index (χ4n) is 2.59. The first-order valence-corrected chi connectivity index (χ1v) is 10.6. The summed E-state index contributed by atoms with van der Waals surface area (Å²) in [4.78, 5) is 36.0. The van der Waals surface area contributed by atoms with Crippen LogP contribution in [0.15, 0.2) is 54.6 Å². The molecular weight excluding hydrogens is 430 g/mol. The Labute approximate surface area is 193 Å². The first-order valence-electron chi connectivity index (χ1n) is 10.2. The normalized spacial score (nSPS) is 11.1. The summed E-state index contributed by atoms with van der Waals surface area (Å²) in [5.74, 6) is -0.523. The third-order valence-corrected chi connectivity index (χ3v) is 4.31. The lowest BCUT2D eigenvalue weighted by Gasteiger charge is -2.19. The van der Waals surface area contributed by atoms with Gasteiger partial charge >= 0.3 is 6.09 Å². The van der Waals surface area contributed by atoms with E-state index in [0.29, 0.717) is 10.7 Å². The Kier molecular flexibility index (Phi) is 9.28. The molecule has 2 aromatic rings. The number of ether oxygens (including phenoxy) is 1. The van der Waals surface area contributed by atoms with Crippen LogP contribution in [0, 0.1) is 0 Å². The summed E-state index contributed by atoms with van der Waals surface area (Å²) in [6, 6.07) is 14.3. The predicted octanol–water partition coefficient (Wildman–Crippen LogP) is 4.52. The van der Waals surface area contributed by atoms with E-state index in [2.05, 4.69) is 16.0 Å². The van der Waals surface area contributed by atoms with Gasteiger partial charge in [-0.2, -0.15) is 0 Å². The first kappa shape index (κ1) is 24.9. The molecule has 2 rings (SSSR count). The van der Waals surface area contributed by atoms with Crippen molar-refractivity contribution in [3.63, 3.8) is 0 Å². The van der Waals surface area contributed by atoms with Crippen molar-refractivity contribution in [2.24, 2.45) is 0 Å². The molecule has 0 aliphatic heterocycles. The summed E-state index contributed by atoms with van der Waals surface area (Å²) >= 11 is 5.85. The average Bonchev–Trinajstić information content (AvgIpc) is 2.71. The molecule has 0 fully saturated rings. The number of carbonyl (C=O) groups is 3. The van der Waals surface area contributed by atoms with E-state index in [1.807, 2.05) is 24.3 Å². The zero-order valence-electron chi connectivity index (χ0n) is 18.4. The highest BCUT2D eigenvalue weighted by Crippen LogP contribution is 2.15. The zero-order chi connectivity index (χ0) is 23.6. The van der Waals surface area contributed by atoms with Gasteiger partial charge in [0.2, 0.25) is 11.8 Å². The summed E-state index contributed by atoms with van der Waals surface area (Å²) in [5.41, 5.74) is 1.61. The number of nitrogens with one attached hydrogen (secondary N) is 3. The third kappa shape index (κ3) is 9.66. The maximum Gasteiger partial charge on any atom is 0.407 e. The lowest BCUT2D eigenvalue weighted by Crippen LogP contribution is -2.34. The summed E-state index contributed by atoms with van der Waals surface area (Å²) in [5, 5.41) is 8.78. The number of amides is 3. The molecule has 0 aliphatic rings. The molecule has 0 radical (unpaired) electrons. The minimum absolute atomic E-state index is 0.0871. The van der Waals surface area contributed by atoms with E-state index in [1.54, 1.807) is 51.1 Å². The van der Waals surface area contributed by atoms with E-state index in [-0.39, 0.29) is 31.3 Å². The van der Waals surface area contributed by atoms with Gasteiger partial charge < -0.3 is 20.7 Å². The van der Waals surface area contributed by atoms with Gasteiger partial charge in [0, 0.05) is 36.3 Å². The molecule has 0 spiro atoms. The smallest absolute Gasteiger partial charge is 0.407 e. The van der Waals surface area contributed by atoms with Gasteiger partial charge in [0.1, 0.15) is 5.60 Å². The van der Waals surface area contributed by atoms with Gasteiger partial charge in [-0.25, -0.2) is 4.79 Å². The van der Waals surface area contributed by atoms with Crippen LogP contribution in [-0.2, 0) is 20.9 Å². The Bertz CT molecular complexity index is 966. The van der Waals surface area contributed by atoms with E-state index in [4.69, 9.17) is 16.3 Å². The summed E-state index contributed by atoms with van der Waals surface area (Å²) in [7, 11) is 0. The second-order valence-electron chi connectivity index (χ2n) is 7.99. The molecule has 3 N–H and O–H groups in total. The van der Waals surface area contributed by atoms with Gasteiger partial charge in [-0.1, -0.05) is 41.9 Å². The number of carbonyl (C=O) groups excluding carboxylic acids is 3. The molecule has 0 saturated heterocycles. The van der Waals surface area contributed by atoms with Crippen LogP contribution < -0.4 is 16.0 Å². The Morgan fingerprint density at radius 1 is 1.00 bits per heavy atom. The Hall–Kier alpha value is -3.32. The highest BCUT2D eigenvalue weighted by molar-refractivity contribution is 6.30. The fraction of sp³-hybridized carbons (Fsp3) is 0.292. The van der Waals surface area contributed by atoms with Crippen LogP contribution in [0.4, 0.5) is 10.5 Å². The Balaban J connectivity index is 1.82. The molecule has 32 heavy (non-hydrogen) atoms. The van der Waals surface area contributed by atoms with Crippen molar-refractivity contribution in [3.8, 4) is 0 Å². The summed E-state index contributed by atoms with van der Waals surface area (Å²) < 4.78 is 5.13. The molecule has 7 nitrogen and oxygen atoms in total. The van der Waals surface area contributed by atoms with Crippen LogP contribution in [0.25, 0.3) is 6.08 Å². The van der Waals surface area contributed by atoms with Crippen LogP contribution in [0.3, 0.4) is 0 Å². The first-order chi connectivity index (χ1) is 15.1. The number of hydrogen-bond acceptors (Lipinski definition) is 4. The molecule has 0 saturated carbocycles. The third-order valence-electron chi connectivity index (χ3n) is 4.06. The number of hydrogen-bond donors (Lipinski definition) is 3. The monoisotopic (exact) mass is 457 g/mol. The molecule has 0 unspecified atom stereocenters. The zero-order valence-corrected chi connectivity index (χ0v) is 19.2. The van der Waals surface area contributed by atoms with Crippen molar-refractivity contribution < 1.29 is 19.1 Å². The van der Waals surface area contributed by atoms with E-state index in [0.717, 1.165) is 11.1 Å². The van der Waals surface area contributed by atoms with Gasteiger partial charge in [-0.3, -0.25) is 9.59 Å². The SMILES string of the molecule is CC(C)(C)OC(=O)NCCC(=O)Nc1ccccc1CNC(=O)/C=C/c1ccc(Cl)cc1. The molecule has 3 amide bonds. The van der Waals surface area contributed by atoms with Crippen molar-refractivity contribution in [3.05, 3.63) is 70.8 Å². The maximum atomic E-state index is 12.2. The van der Waals surface area contributed by atoms with Crippen molar-refractivity contribution in [1.82, 2.24) is 10.6 Å². The molecule has 0 aromatic heterocycles. The van der Waals surface area contributed by atoms with Gasteiger partial charge in [0.05, 0.1) is 0 Å². The largest absolute Gasteiger partial charge is 0.444 e. The van der Waals surface area contributed by atoms with Crippen molar-refractivity contribution in [2.75, 3.05) is 11.9 Å². The van der Waals surface area contributed by atoms with Crippen LogP contribution in [-0.4, -0.2) is 30.1 Å². The number of anilines is 1. The topological polar surface area (TPSA) is 96.5 Å². The Morgan fingerprint density at radius 2 is 1.69 bits per heavy atom. The molecule has 0 heterocycles. The average molecular weight is 458 g/mol. The Morgan fingerprint density at radius 3 is 2.38 bits per heavy atom. The van der Waals surface area contributed by atoms with E-state index < -0.39 is 11.7 Å². The lowest BCUT2D eigenvalue weighted by atomic mass is 10.1. The number of alkyl carbamates (subject to hydrolysis) is 1. The van der Waals surface area contributed by atoms with Crippen molar-refractivity contribution in [2.45, 2.75) is 39.3 Å². The summed E-state index contributed by atoms with van der Waals surface area (Å²) in [6.45, 7) is 5.69. The molecule has 170 valence electrons. The second kappa shape index (κ2) is 11.9. The quantitative estimate of drug-likeness (QED) is 0.507. The minimum Gasteiger partial charge on any atom is -0.444 e. The second-order valence-corrected chi connectivity index (χ2v) is 8.42. The molecule has 0 aliphatic carbocycles. The van der Waals surface area contributed by atoms with Crippen LogP contribution in [0.2, 0.25) is 5.02 Å². The lowest BCUT2D eigenvalue weighted by molar-refractivity contribution is -0.117. The van der Waals surface area contributed by atoms with Crippen molar-refractivity contribution >= 4 is 41.3 Å². The van der Waals surface area contributed by atoms with Gasteiger partial charge in [-0.05, 0) is 56.2 Å². The molecule has 0 atom stereocenters. The van der Waals surface area contributed by atoms with Gasteiger partial charge in [-0.15, -0.1) is 0 Å². The standard InChI is InChI=1S/C24H28ClN3O4/c1-24(2,3)32-23(31)26-15-14-22(30)28-20-7-5-4-6-18(20)16-27-21(29)13-10-17-8-11-19(25)12-9-17/h4-13H,14-16H2,1-3H3,(H,26,31)(H,27,29)(H,28,30)/b13-10+. The van der Waals surface area contributed by atoms with E-state index >= 15 is 0 Å². The highest BCUT2D eigenvalue weighted by atomic mass is 35.5. The van der Waals surface area contributed by atoms with Gasteiger partial charge in [0.15, 0.2) is 0 Å². The molecule has 8 heteroatoms. The highest BCUT2D eigenvalue weighted by Gasteiger charge is 2.16. The van der Waals surface area contributed by atoms with E-state index in [1.165, 1.54) is 6.08 Å². The molecule has 2 aromatic carbocycles.